The Hall–Kier alpha value is -3.47. The van der Waals surface area contributed by atoms with Gasteiger partial charge < -0.3 is 4.40 Å². The van der Waals surface area contributed by atoms with Crippen LogP contribution in [0.4, 0.5) is 4.39 Å². The van der Waals surface area contributed by atoms with Crippen molar-refractivity contribution >= 4 is 5.52 Å². The molecule has 4 nitrogen and oxygen atoms in total. The molecule has 4 rings (SSSR count). The third-order valence-corrected chi connectivity index (χ3v) is 4.74. The molecule has 0 bridgehead atoms. The van der Waals surface area contributed by atoms with Crippen LogP contribution in [0, 0.1) is 15.9 Å². The van der Waals surface area contributed by atoms with Crippen molar-refractivity contribution in [3.63, 3.8) is 0 Å². The molecule has 0 saturated carbocycles. The molecular weight excluding hydrogens is 343 g/mol. The summed E-state index contributed by atoms with van der Waals surface area (Å²) >= 11 is 0. The van der Waals surface area contributed by atoms with Gasteiger partial charge in [-0.15, -0.1) is 0 Å². The zero-order valence-electron chi connectivity index (χ0n) is 14.5. The van der Waals surface area contributed by atoms with Crippen molar-refractivity contribution < 1.29 is 9.31 Å². The highest BCUT2D eigenvalue weighted by atomic mass is 19.1. The highest BCUT2D eigenvalue weighted by Gasteiger charge is 2.27. The van der Waals surface area contributed by atoms with Gasteiger partial charge in [-0.3, -0.25) is 10.1 Å². The fourth-order valence-electron chi connectivity index (χ4n) is 3.54. The molecule has 0 saturated heterocycles. The number of halogens is 1. The molecule has 0 fully saturated rings. The topological polar surface area (TPSA) is 47.5 Å². The Kier molecular flexibility index (Phi) is 4.42. The number of nitro groups is 1. The minimum atomic E-state index is -0.499. The smallest absolute Gasteiger partial charge is 0.216 e. The summed E-state index contributed by atoms with van der Waals surface area (Å²) < 4.78 is 15.4. The summed E-state index contributed by atoms with van der Waals surface area (Å²) in [5, 5.41) is 11.5. The van der Waals surface area contributed by atoms with E-state index in [2.05, 4.69) is 0 Å². The van der Waals surface area contributed by atoms with E-state index < -0.39 is 5.92 Å². The zero-order valence-corrected chi connectivity index (χ0v) is 14.5. The van der Waals surface area contributed by atoms with Crippen molar-refractivity contribution in [3.05, 3.63) is 112 Å². The normalized spacial score (nSPS) is 12.2. The summed E-state index contributed by atoms with van der Waals surface area (Å²) in [7, 11) is 0. The van der Waals surface area contributed by atoms with E-state index in [4.69, 9.17) is 0 Å². The van der Waals surface area contributed by atoms with Crippen LogP contribution in [0.1, 0.15) is 17.2 Å². The molecule has 4 aromatic rings. The Labute approximate surface area is 155 Å². The summed E-state index contributed by atoms with van der Waals surface area (Å²) in [6, 6.07) is 23.6. The first kappa shape index (κ1) is 17.0. The number of nitrogens with zero attached hydrogens (tertiary/aromatic N) is 2. The van der Waals surface area contributed by atoms with Crippen molar-refractivity contribution in [2.45, 2.75) is 5.92 Å². The molecule has 2 heterocycles. The predicted molar refractivity (Wildman–Crippen MR) is 103 cm³/mol. The van der Waals surface area contributed by atoms with Crippen LogP contribution in [0.5, 0.6) is 0 Å². The quantitative estimate of drug-likeness (QED) is 0.365. The van der Waals surface area contributed by atoms with Crippen LogP contribution >= 0.6 is 0 Å². The second-order valence-corrected chi connectivity index (χ2v) is 6.42. The first-order chi connectivity index (χ1) is 13.1. The highest BCUT2D eigenvalue weighted by molar-refractivity contribution is 5.75. The SMILES string of the molecule is O=[N+]([O-])CC(c1ccc(F)cc1)c1c(-c2ccccc2)cc2ccccn12. The lowest BCUT2D eigenvalue weighted by Crippen LogP contribution is -2.16. The molecule has 2 aromatic carbocycles. The van der Waals surface area contributed by atoms with Gasteiger partial charge in [-0.1, -0.05) is 48.5 Å². The zero-order chi connectivity index (χ0) is 18.8. The van der Waals surface area contributed by atoms with Gasteiger partial charge in [-0.2, -0.15) is 0 Å². The molecule has 1 unspecified atom stereocenters. The van der Waals surface area contributed by atoms with E-state index in [-0.39, 0.29) is 17.3 Å². The molecule has 0 aliphatic carbocycles. The molecule has 1 atom stereocenters. The van der Waals surface area contributed by atoms with Crippen molar-refractivity contribution in [1.29, 1.82) is 0 Å². The van der Waals surface area contributed by atoms with Gasteiger partial charge in [0, 0.05) is 27.9 Å². The van der Waals surface area contributed by atoms with Crippen molar-refractivity contribution in [2.24, 2.45) is 0 Å². The van der Waals surface area contributed by atoms with Crippen molar-refractivity contribution in [3.8, 4) is 11.1 Å². The average molecular weight is 360 g/mol. The minimum absolute atomic E-state index is 0.271. The lowest BCUT2D eigenvalue weighted by molar-refractivity contribution is -0.481. The number of aromatic nitrogens is 1. The van der Waals surface area contributed by atoms with Crippen molar-refractivity contribution in [2.75, 3.05) is 6.54 Å². The highest BCUT2D eigenvalue weighted by Crippen LogP contribution is 2.36. The number of benzene rings is 2. The molecular formula is C22H17FN2O2. The van der Waals surface area contributed by atoms with E-state index in [0.29, 0.717) is 5.56 Å². The van der Waals surface area contributed by atoms with E-state index in [1.54, 1.807) is 12.1 Å². The Morgan fingerprint density at radius 1 is 0.963 bits per heavy atom. The van der Waals surface area contributed by atoms with Gasteiger partial charge in [0.15, 0.2) is 0 Å². The van der Waals surface area contributed by atoms with E-state index >= 15 is 0 Å². The van der Waals surface area contributed by atoms with E-state index in [9.17, 15) is 14.5 Å². The van der Waals surface area contributed by atoms with Gasteiger partial charge in [0.2, 0.25) is 6.54 Å². The van der Waals surface area contributed by atoms with Crippen LogP contribution in [-0.4, -0.2) is 15.9 Å². The predicted octanol–water partition coefficient (Wildman–Crippen LogP) is 5.15. The molecule has 0 radical (unpaired) electrons. The molecule has 5 heteroatoms. The maximum atomic E-state index is 13.4. The Bertz CT molecular complexity index is 1090. The second kappa shape index (κ2) is 7.03. The van der Waals surface area contributed by atoms with E-state index in [1.807, 2.05) is 65.2 Å². The number of hydrogen-bond acceptors (Lipinski definition) is 2. The summed E-state index contributed by atoms with van der Waals surface area (Å²) in [5.41, 5.74) is 4.45. The summed E-state index contributed by atoms with van der Waals surface area (Å²) in [4.78, 5) is 11.1. The minimum Gasteiger partial charge on any atom is -0.319 e. The fraction of sp³-hybridized carbons (Fsp3) is 0.0909. The lowest BCUT2D eigenvalue weighted by Gasteiger charge is -2.17. The largest absolute Gasteiger partial charge is 0.319 e. The van der Waals surface area contributed by atoms with Crippen LogP contribution in [0.25, 0.3) is 16.6 Å². The van der Waals surface area contributed by atoms with Crippen molar-refractivity contribution in [1.82, 2.24) is 4.40 Å². The van der Waals surface area contributed by atoms with Crippen LogP contribution in [0.2, 0.25) is 0 Å². The Morgan fingerprint density at radius 3 is 2.37 bits per heavy atom. The Morgan fingerprint density at radius 2 is 1.67 bits per heavy atom. The fourth-order valence-corrected chi connectivity index (χ4v) is 3.54. The van der Waals surface area contributed by atoms with E-state index in [0.717, 1.165) is 22.3 Å². The van der Waals surface area contributed by atoms with Gasteiger partial charge >= 0.3 is 0 Å². The van der Waals surface area contributed by atoms with Gasteiger partial charge in [0.05, 0.1) is 5.92 Å². The molecule has 0 aliphatic rings. The standard InChI is InChI=1S/C22H17FN2O2/c23-18-11-9-17(10-12-18)21(15-25(26)27)22-20(16-6-2-1-3-7-16)14-19-8-4-5-13-24(19)22/h1-14,21H,15H2. The maximum absolute atomic E-state index is 13.4. The number of fused-ring (bicyclic) bond motifs is 1. The maximum Gasteiger partial charge on any atom is 0.216 e. The van der Waals surface area contributed by atoms with Gasteiger partial charge in [-0.25, -0.2) is 4.39 Å². The first-order valence-electron chi connectivity index (χ1n) is 8.66. The van der Waals surface area contributed by atoms with Gasteiger partial charge in [0.1, 0.15) is 5.82 Å². The molecule has 0 spiro atoms. The van der Waals surface area contributed by atoms with Gasteiger partial charge in [-0.05, 0) is 41.5 Å². The number of pyridine rings is 1. The van der Waals surface area contributed by atoms with Crippen LogP contribution in [0.15, 0.2) is 85.1 Å². The van der Waals surface area contributed by atoms with Gasteiger partial charge in [0.25, 0.3) is 0 Å². The summed E-state index contributed by atoms with van der Waals surface area (Å²) in [6.07, 6.45) is 1.91. The summed E-state index contributed by atoms with van der Waals surface area (Å²) in [6.45, 7) is -0.271. The van der Waals surface area contributed by atoms with Crippen LogP contribution < -0.4 is 0 Å². The number of rotatable bonds is 5. The molecule has 27 heavy (non-hydrogen) atoms. The summed E-state index contributed by atoms with van der Waals surface area (Å²) in [5.74, 6) is -0.859. The van der Waals surface area contributed by atoms with E-state index in [1.165, 1.54) is 12.1 Å². The van der Waals surface area contributed by atoms with Crippen LogP contribution in [-0.2, 0) is 0 Å². The average Bonchev–Trinajstić information content (AvgIpc) is 3.07. The third-order valence-electron chi connectivity index (χ3n) is 4.74. The number of hydrogen-bond donors (Lipinski definition) is 0. The molecule has 2 aromatic heterocycles. The lowest BCUT2D eigenvalue weighted by atomic mass is 9.91. The molecule has 0 amide bonds. The molecule has 0 aliphatic heterocycles. The molecule has 0 N–H and O–H groups in total. The Balaban J connectivity index is 1.98. The monoisotopic (exact) mass is 360 g/mol. The van der Waals surface area contributed by atoms with Crippen LogP contribution in [0.3, 0.4) is 0 Å². The second-order valence-electron chi connectivity index (χ2n) is 6.42. The molecule has 134 valence electrons. The first-order valence-corrected chi connectivity index (χ1v) is 8.66. The third kappa shape index (κ3) is 3.31.